The number of nitriles is 1. The van der Waals surface area contributed by atoms with Crippen molar-refractivity contribution < 1.29 is 36.0 Å². The van der Waals surface area contributed by atoms with Gasteiger partial charge in [0.05, 0.1) is 19.2 Å². The molecule has 0 aliphatic rings. The Morgan fingerprint density at radius 3 is 2.56 bits per heavy atom. The van der Waals surface area contributed by atoms with E-state index in [4.69, 9.17) is 10.00 Å². The summed E-state index contributed by atoms with van der Waals surface area (Å²) in [5.74, 6) is -1.49. The Bertz CT molecular complexity index is 1620. The fourth-order valence-corrected chi connectivity index (χ4v) is 7.55. The molecule has 36 heavy (non-hydrogen) atoms. The summed E-state index contributed by atoms with van der Waals surface area (Å²) in [5.41, 5.74) is -0.339. The monoisotopic (exact) mass is 549 g/mol. The van der Waals surface area contributed by atoms with Gasteiger partial charge >= 0.3 is 0 Å². The second-order valence-corrected chi connectivity index (χ2v) is 12.9. The van der Waals surface area contributed by atoms with E-state index >= 15 is 0 Å². The van der Waals surface area contributed by atoms with Crippen molar-refractivity contribution in [3.05, 3.63) is 84.2 Å². The van der Waals surface area contributed by atoms with Crippen LogP contribution in [-0.2, 0) is 21.1 Å². The molecule has 0 amide bonds. The fourth-order valence-electron chi connectivity index (χ4n) is 3.26. The molecule has 0 spiro atoms. The maximum Gasteiger partial charge on any atom is 0.250 e. The van der Waals surface area contributed by atoms with Crippen LogP contribution in [0.5, 0.6) is 5.75 Å². The average Bonchev–Trinajstić information content (AvgIpc) is 3.30. The van der Waals surface area contributed by atoms with Crippen molar-refractivity contribution in [2.24, 2.45) is 0 Å². The lowest BCUT2D eigenvalue weighted by atomic mass is 10.2. The first-order valence-electron chi connectivity index (χ1n) is 10.4. The zero-order chi connectivity index (χ0) is 25.9. The van der Waals surface area contributed by atoms with Gasteiger partial charge in [-0.1, -0.05) is 12.1 Å². The highest BCUT2D eigenvalue weighted by Gasteiger charge is 2.23. The lowest BCUT2D eigenvalue weighted by molar-refractivity contribution is -0.697. The molecule has 0 saturated heterocycles. The normalized spacial score (nSPS) is 13.3. The standard InChI is InChI=1S/C23H18F2N3O5PS2/c24-20-12-18(5-4-16(20)14-26)34(29,30)15-27-36(31,32)23-13-19-21(25)10-17(11-22(19)35-23)33-9-8-28-6-2-1-3-7-28/h1-7,10-13,27H,8-9,15H2. The van der Waals surface area contributed by atoms with Crippen molar-refractivity contribution in [2.45, 2.75) is 10.8 Å². The van der Waals surface area contributed by atoms with E-state index < -0.39 is 40.6 Å². The van der Waals surface area contributed by atoms with Crippen molar-refractivity contribution in [3.63, 3.8) is 0 Å². The van der Waals surface area contributed by atoms with E-state index in [9.17, 15) is 26.7 Å². The Kier molecular flexibility index (Phi) is 7.49. The Hall–Kier alpha value is -3.20. The molecular weight excluding hydrogens is 531 g/mol. The number of ether oxygens (including phenoxy) is 1. The number of benzene rings is 2. The second-order valence-electron chi connectivity index (χ2n) is 7.60. The molecule has 186 valence electrons. The van der Waals surface area contributed by atoms with Crippen LogP contribution in [0.2, 0.25) is 0 Å². The molecule has 1 atom stereocenters. The lowest BCUT2D eigenvalue weighted by Crippen LogP contribution is -2.35. The predicted molar refractivity (Wildman–Crippen MR) is 127 cm³/mol. The quantitative estimate of drug-likeness (QED) is 0.253. The van der Waals surface area contributed by atoms with E-state index in [1.54, 1.807) is 6.07 Å². The summed E-state index contributed by atoms with van der Waals surface area (Å²) in [7, 11) is -8.92. The number of thiophene rings is 1. The highest BCUT2D eigenvalue weighted by Crippen LogP contribution is 2.36. The third-order valence-electron chi connectivity index (χ3n) is 5.13. The number of rotatable bonds is 9. The molecule has 0 aliphatic carbocycles. The van der Waals surface area contributed by atoms with Gasteiger partial charge in [-0.05, 0) is 24.3 Å². The van der Waals surface area contributed by atoms with E-state index in [2.05, 4.69) is 0 Å². The van der Waals surface area contributed by atoms with Crippen LogP contribution in [-0.4, -0.2) is 21.3 Å². The Morgan fingerprint density at radius 2 is 1.86 bits per heavy atom. The van der Waals surface area contributed by atoms with E-state index in [0.29, 0.717) is 17.3 Å². The van der Waals surface area contributed by atoms with E-state index in [0.717, 1.165) is 35.6 Å². The molecule has 0 aliphatic heterocycles. The number of sulfonamides is 1. The van der Waals surface area contributed by atoms with Gasteiger partial charge in [-0.2, -0.15) is 5.26 Å². The highest BCUT2D eigenvalue weighted by atomic mass is 32.2. The summed E-state index contributed by atoms with van der Waals surface area (Å²) in [6.07, 6.45) is 2.69. The second kappa shape index (κ2) is 10.4. The van der Waals surface area contributed by atoms with Gasteiger partial charge in [0.1, 0.15) is 34.3 Å². The number of pyridine rings is 1. The molecule has 0 bridgehead atoms. The zero-order valence-corrected chi connectivity index (χ0v) is 21.0. The maximum absolute atomic E-state index is 14.6. The summed E-state index contributed by atoms with van der Waals surface area (Å²) >= 11 is 0.753. The van der Waals surface area contributed by atoms with Gasteiger partial charge in [-0.3, -0.25) is 0 Å². The Morgan fingerprint density at radius 1 is 1.11 bits per heavy atom. The number of nitrogens with one attached hydrogen (secondary N) is 1. The first kappa shape index (κ1) is 25.9. The topological polar surface area (TPSA) is 123 Å². The maximum atomic E-state index is 14.6. The van der Waals surface area contributed by atoms with Gasteiger partial charge in [0.2, 0.25) is 10.0 Å². The van der Waals surface area contributed by atoms with Crippen molar-refractivity contribution in [1.82, 2.24) is 4.72 Å². The van der Waals surface area contributed by atoms with E-state index in [1.807, 2.05) is 39.9 Å². The third-order valence-corrected chi connectivity index (χ3v) is 9.94. The van der Waals surface area contributed by atoms with Crippen LogP contribution in [0.25, 0.3) is 10.1 Å². The van der Waals surface area contributed by atoms with Crippen LogP contribution in [0.4, 0.5) is 8.78 Å². The zero-order valence-electron chi connectivity index (χ0n) is 18.4. The van der Waals surface area contributed by atoms with Gasteiger partial charge < -0.3 is 14.2 Å². The molecule has 8 nitrogen and oxygen atoms in total. The van der Waals surface area contributed by atoms with Gasteiger partial charge in [-0.25, -0.2) is 26.5 Å². The summed E-state index contributed by atoms with van der Waals surface area (Å²) in [6.45, 7) is 0.777. The largest absolute Gasteiger partial charge is 0.795 e. The van der Waals surface area contributed by atoms with Gasteiger partial charge in [0.15, 0.2) is 18.9 Å². The molecule has 4 aromatic rings. The van der Waals surface area contributed by atoms with Crippen LogP contribution in [0.1, 0.15) is 5.56 Å². The molecule has 2 aromatic heterocycles. The molecule has 2 aromatic carbocycles. The van der Waals surface area contributed by atoms with Gasteiger partial charge in [0.25, 0.3) is 0 Å². The molecule has 13 heteroatoms. The van der Waals surface area contributed by atoms with Crippen molar-refractivity contribution in [2.75, 3.05) is 12.9 Å². The van der Waals surface area contributed by atoms with E-state index in [1.165, 1.54) is 6.07 Å². The minimum atomic E-state index is -4.59. The predicted octanol–water partition coefficient (Wildman–Crippen LogP) is 2.62. The van der Waals surface area contributed by atoms with E-state index in [-0.39, 0.29) is 27.5 Å². The summed E-state index contributed by atoms with van der Waals surface area (Å²) in [5, 5.41) is 8.36. The van der Waals surface area contributed by atoms with Crippen LogP contribution >= 0.6 is 18.7 Å². The molecule has 0 saturated carbocycles. The number of hydrogen-bond acceptors (Lipinski definition) is 7. The summed E-state index contributed by atoms with van der Waals surface area (Å²) < 4.78 is 75.9. The molecular formula is C23H18F2N3O5PS2. The van der Waals surface area contributed by atoms with Gasteiger partial charge in [0, 0.05) is 33.6 Å². The number of fused-ring (bicyclic) bond motifs is 1. The highest BCUT2D eigenvalue weighted by molar-refractivity contribution is 7.92. The van der Waals surface area contributed by atoms with Crippen LogP contribution in [0, 0.1) is 23.0 Å². The fraction of sp³-hybridized carbons (Fsp3) is 0.130. The molecule has 1 N–H and O–H groups in total. The van der Waals surface area contributed by atoms with Crippen LogP contribution in [0.15, 0.2) is 71.2 Å². The smallest absolute Gasteiger partial charge is 0.250 e. The molecule has 0 fully saturated rings. The minimum Gasteiger partial charge on any atom is -0.795 e. The lowest BCUT2D eigenvalue weighted by Gasteiger charge is -2.24. The first-order chi connectivity index (χ1) is 17.1. The molecule has 4 rings (SSSR count). The van der Waals surface area contributed by atoms with Crippen molar-refractivity contribution >= 4 is 44.1 Å². The van der Waals surface area contributed by atoms with Crippen LogP contribution < -0.4 is 24.2 Å². The molecule has 1 unspecified atom stereocenters. The molecule has 0 radical (unpaired) electrons. The molecule has 2 heterocycles. The van der Waals surface area contributed by atoms with Gasteiger partial charge in [-0.15, -0.1) is 11.3 Å². The Balaban J connectivity index is 1.48. The third kappa shape index (κ3) is 5.78. The summed E-state index contributed by atoms with van der Waals surface area (Å²) in [6, 6.07) is 13.6. The number of aromatic nitrogens is 1. The number of nitrogens with zero attached hydrogens (tertiary/aromatic N) is 2. The summed E-state index contributed by atoms with van der Waals surface area (Å²) in [4.78, 5) is 12.5. The van der Waals surface area contributed by atoms with Crippen LogP contribution in [0.3, 0.4) is 0 Å². The minimum absolute atomic E-state index is 0.0460. The number of halogens is 2. The number of hydrogen-bond donors (Lipinski definition) is 1. The first-order valence-corrected chi connectivity index (χ1v) is 14.5. The Labute approximate surface area is 209 Å². The van der Waals surface area contributed by atoms with Crippen molar-refractivity contribution in [3.8, 4) is 11.8 Å². The SMILES string of the molecule is N#Cc1ccc(P(=O)([O-])CNS(=O)(=O)c2cc3c(F)cc(OCC[n+]4ccccc4)cc3s2)cc1F. The average molecular weight is 550 g/mol. The van der Waals surface area contributed by atoms with Crippen molar-refractivity contribution in [1.29, 1.82) is 5.26 Å².